The van der Waals surface area contributed by atoms with Gasteiger partial charge in [0.1, 0.15) is 0 Å². The minimum atomic E-state index is -3.46. The van der Waals surface area contributed by atoms with Crippen LogP contribution in [0.5, 0.6) is 0 Å². The van der Waals surface area contributed by atoms with Crippen molar-refractivity contribution >= 4 is 38.9 Å². The molecule has 1 fully saturated rings. The van der Waals surface area contributed by atoms with Crippen molar-refractivity contribution in [2.24, 2.45) is 0 Å². The number of benzene rings is 2. The molecular weight excluding hydrogens is 414 g/mol. The molecule has 2 aromatic carbocycles. The molecule has 0 atom stereocenters. The Morgan fingerprint density at radius 1 is 1.13 bits per heavy atom. The summed E-state index contributed by atoms with van der Waals surface area (Å²) in [4.78, 5) is 26.1. The van der Waals surface area contributed by atoms with Crippen molar-refractivity contribution in [2.75, 3.05) is 33.9 Å². The van der Waals surface area contributed by atoms with Crippen LogP contribution < -0.4 is 14.5 Å². The molecule has 7 nitrogen and oxygen atoms in total. The van der Waals surface area contributed by atoms with E-state index in [4.69, 9.17) is 0 Å². The molecule has 0 saturated carbocycles. The molecule has 1 heterocycles. The molecule has 31 heavy (non-hydrogen) atoms. The van der Waals surface area contributed by atoms with E-state index >= 15 is 0 Å². The smallest absolute Gasteiger partial charge is 0.232 e. The molecule has 1 aliphatic rings. The number of anilines is 3. The molecule has 0 spiro atoms. The fourth-order valence-electron chi connectivity index (χ4n) is 3.86. The highest BCUT2D eigenvalue weighted by atomic mass is 32.2. The second kappa shape index (κ2) is 9.51. The van der Waals surface area contributed by atoms with Crippen LogP contribution in [-0.2, 0) is 19.6 Å². The standard InChI is InChI=1S/C23H29N3O4S/c1-17-13-18(2)15-21(14-17)26(31(3,29)30)12-5-9-22(27)24-19-7-4-8-20(16-19)25-11-6-10-23(25)28/h4,7-8,13-16H,5-6,9-12H2,1-3H3,(H,24,27). The summed E-state index contributed by atoms with van der Waals surface area (Å²) in [5.74, 6) is -0.102. The molecule has 3 rings (SSSR count). The molecule has 1 aliphatic heterocycles. The van der Waals surface area contributed by atoms with E-state index in [1.54, 1.807) is 17.0 Å². The molecule has 0 unspecified atom stereocenters. The van der Waals surface area contributed by atoms with Crippen molar-refractivity contribution in [3.63, 3.8) is 0 Å². The van der Waals surface area contributed by atoms with Gasteiger partial charge in [0, 0.05) is 37.3 Å². The van der Waals surface area contributed by atoms with Gasteiger partial charge in [0.15, 0.2) is 0 Å². The maximum absolute atomic E-state index is 12.4. The molecule has 2 aromatic rings. The quantitative estimate of drug-likeness (QED) is 0.675. The van der Waals surface area contributed by atoms with E-state index in [0.29, 0.717) is 30.8 Å². The summed E-state index contributed by atoms with van der Waals surface area (Å²) < 4.78 is 26.0. The molecule has 0 aromatic heterocycles. The number of nitrogens with one attached hydrogen (secondary N) is 1. The lowest BCUT2D eigenvalue weighted by atomic mass is 10.1. The highest BCUT2D eigenvalue weighted by molar-refractivity contribution is 7.92. The van der Waals surface area contributed by atoms with Gasteiger partial charge in [-0.25, -0.2) is 8.42 Å². The van der Waals surface area contributed by atoms with E-state index in [-0.39, 0.29) is 24.8 Å². The Balaban J connectivity index is 1.60. The average molecular weight is 444 g/mol. The summed E-state index contributed by atoms with van der Waals surface area (Å²) >= 11 is 0. The first-order chi connectivity index (χ1) is 14.6. The third kappa shape index (κ3) is 6.07. The van der Waals surface area contributed by atoms with E-state index < -0.39 is 10.0 Å². The van der Waals surface area contributed by atoms with Crippen LogP contribution >= 0.6 is 0 Å². The predicted octanol–water partition coefficient (Wildman–Crippen LogP) is 3.62. The van der Waals surface area contributed by atoms with E-state index in [0.717, 1.165) is 23.2 Å². The molecule has 1 N–H and O–H groups in total. The largest absolute Gasteiger partial charge is 0.326 e. The Morgan fingerprint density at radius 2 is 1.84 bits per heavy atom. The van der Waals surface area contributed by atoms with Crippen molar-refractivity contribution < 1.29 is 18.0 Å². The second-order valence-corrected chi connectivity index (χ2v) is 9.94. The fourth-order valence-corrected chi connectivity index (χ4v) is 4.81. The highest BCUT2D eigenvalue weighted by Crippen LogP contribution is 2.25. The zero-order valence-electron chi connectivity index (χ0n) is 18.2. The van der Waals surface area contributed by atoms with Crippen LogP contribution in [0.15, 0.2) is 42.5 Å². The number of aryl methyl sites for hydroxylation is 2. The van der Waals surface area contributed by atoms with Gasteiger partial charge in [0.25, 0.3) is 0 Å². The summed E-state index contributed by atoms with van der Waals surface area (Å²) in [5.41, 5.74) is 3.98. The third-order valence-corrected chi connectivity index (χ3v) is 6.37. The van der Waals surface area contributed by atoms with Crippen molar-refractivity contribution in [3.8, 4) is 0 Å². The number of rotatable bonds is 8. The summed E-state index contributed by atoms with van der Waals surface area (Å²) in [7, 11) is -3.46. The normalized spacial score (nSPS) is 14.0. The zero-order chi connectivity index (χ0) is 22.6. The second-order valence-electron chi connectivity index (χ2n) is 8.03. The first kappa shape index (κ1) is 22.8. The highest BCUT2D eigenvalue weighted by Gasteiger charge is 2.22. The molecule has 8 heteroatoms. The first-order valence-corrected chi connectivity index (χ1v) is 12.2. The van der Waals surface area contributed by atoms with Gasteiger partial charge in [-0.05, 0) is 68.1 Å². The molecule has 0 radical (unpaired) electrons. The van der Waals surface area contributed by atoms with Gasteiger partial charge in [-0.2, -0.15) is 0 Å². The number of hydrogen-bond acceptors (Lipinski definition) is 4. The molecular formula is C23H29N3O4S. The van der Waals surface area contributed by atoms with E-state index in [1.165, 1.54) is 10.6 Å². The van der Waals surface area contributed by atoms with Crippen LogP contribution in [-0.4, -0.2) is 39.6 Å². The Labute approximate surface area is 184 Å². The van der Waals surface area contributed by atoms with Crippen molar-refractivity contribution in [1.82, 2.24) is 0 Å². The molecule has 1 saturated heterocycles. The molecule has 0 bridgehead atoms. The number of nitrogens with zero attached hydrogens (tertiary/aromatic N) is 2. The average Bonchev–Trinajstić information content (AvgIpc) is 3.09. The summed E-state index contributed by atoms with van der Waals surface area (Å²) in [6.45, 7) is 4.76. The van der Waals surface area contributed by atoms with Crippen LogP contribution in [0.1, 0.15) is 36.8 Å². The Bertz CT molecular complexity index is 1060. The Kier molecular flexibility index (Phi) is 7.00. The Hall–Kier alpha value is -2.87. The minimum absolute atomic E-state index is 0.0933. The maximum atomic E-state index is 12.4. The number of sulfonamides is 1. The summed E-state index contributed by atoms with van der Waals surface area (Å²) in [6.07, 6.45) is 3.14. The third-order valence-electron chi connectivity index (χ3n) is 5.17. The number of carbonyl (C=O) groups excluding carboxylic acids is 2. The van der Waals surface area contributed by atoms with Gasteiger partial charge >= 0.3 is 0 Å². The maximum Gasteiger partial charge on any atom is 0.232 e. The monoisotopic (exact) mass is 443 g/mol. The lowest BCUT2D eigenvalue weighted by Gasteiger charge is -2.23. The molecule has 2 amide bonds. The predicted molar refractivity (Wildman–Crippen MR) is 124 cm³/mol. The zero-order valence-corrected chi connectivity index (χ0v) is 19.0. The van der Waals surface area contributed by atoms with Crippen LogP contribution in [0.3, 0.4) is 0 Å². The SMILES string of the molecule is Cc1cc(C)cc(N(CCCC(=O)Nc2cccc(N3CCCC3=O)c2)S(C)(=O)=O)c1. The van der Waals surface area contributed by atoms with Gasteiger partial charge in [-0.3, -0.25) is 13.9 Å². The van der Waals surface area contributed by atoms with Gasteiger partial charge in [-0.1, -0.05) is 12.1 Å². The number of carbonyl (C=O) groups is 2. The molecule has 0 aliphatic carbocycles. The first-order valence-electron chi connectivity index (χ1n) is 10.4. The topological polar surface area (TPSA) is 86.8 Å². The van der Waals surface area contributed by atoms with Gasteiger partial charge in [-0.15, -0.1) is 0 Å². The number of amides is 2. The van der Waals surface area contributed by atoms with Crippen LogP contribution in [0, 0.1) is 13.8 Å². The summed E-state index contributed by atoms with van der Waals surface area (Å²) in [6, 6.07) is 12.9. The van der Waals surface area contributed by atoms with E-state index in [1.807, 2.05) is 44.2 Å². The van der Waals surface area contributed by atoms with Crippen LogP contribution in [0.25, 0.3) is 0 Å². The Morgan fingerprint density at radius 3 is 2.45 bits per heavy atom. The summed E-state index contributed by atoms with van der Waals surface area (Å²) in [5, 5.41) is 2.85. The van der Waals surface area contributed by atoms with Crippen LogP contribution in [0.2, 0.25) is 0 Å². The van der Waals surface area contributed by atoms with Gasteiger partial charge in [0.05, 0.1) is 11.9 Å². The van der Waals surface area contributed by atoms with E-state index in [9.17, 15) is 18.0 Å². The van der Waals surface area contributed by atoms with Crippen molar-refractivity contribution in [1.29, 1.82) is 0 Å². The minimum Gasteiger partial charge on any atom is -0.326 e. The van der Waals surface area contributed by atoms with Crippen LogP contribution in [0.4, 0.5) is 17.1 Å². The lowest BCUT2D eigenvalue weighted by Crippen LogP contribution is -2.31. The molecule has 166 valence electrons. The fraction of sp³-hybridized carbons (Fsp3) is 0.391. The van der Waals surface area contributed by atoms with Crippen molar-refractivity contribution in [2.45, 2.75) is 39.5 Å². The van der Waals surface area contributed by atoms with Gasteiger partial charge in [0.2, 0.25) is 21.8 Å². The lowest BCUT2D eigenvalue weighted by molar-refractivity contribution is -0.117. The van der Waals surface area contributed by atoms with Gasteiger partial charge < -0.3 is 10.2 Å². The van der Waals surface area contributed by atoms with E-state index in [2.05, 4.69) is 5.32 Å². The van der Waals surface area contributed by atoms with Crippen molar-refractivity contribution in [3.05, 3.63) is 53.6 Å². The number of hydrogen-bond donors (Lipinski definition) is 1.